The molecule has 0 aromatic heterocycles. The minimum absolute atomic E-state index is 0.0461. The number of hydrogen-bond acceptors (Lipinski definition) is 2. The van der Waals surface area contributed by atoms with E-state index in [1.54, 1.807) is 4.90 Å². The van der Waals surface area contributed by atoms with Gasteiger partial charge in [0.05, 0.1) is 6.42 Å². The molecular formula is C17H21NO2. The van der Waals surface area contributed by atoms with Crippen molar-refractivity contribution in [3.05, 3.63) is 53.3 Å². The molecule has 0 N–H and O–H groups in total. The maximum Gasteiger partial charge on any atom is 0.230 e. The van der Waals surface area contributed by atoms with Gasteiger partial charge in [0.2, 0.25) is 5.91 Å². The maximum absolute atomic E-state index is 12.1. The van der Waals surface area contributed by atoms with Crippen LogP contribution in [0.5, 0.6) is 0 Å². The van der Waals surface area contributed by atoms with Crippen LogP contribution in [0.3, 0.4) is 0 Å². The van der Waals surface area contributed by atoms with Crippen LogP contribution in [0.2, 0.25) is 0 Å². The van der Waals surface area contributed by atoms with Crippen LogP contribution < -0.4 is 0 Å². The second-order valence-electron chi connectivity index (χ2n) is 4.99. The topological polar surface area (TPSA) is 37.4 Å². The van der Waals surface area contributed by atoms with E-state index < -0.39 is 0 Å². The number of Topliss-reactive ketones (excluding diaryl/α,β-unsaturated/α-hetero) is 1. The molecule has 0 spiro atoms. The van der Waals surface area contributed by atoms with Crippen molar-refractivity contribution in [1.29, 1.82) is 0 Å². The summed E-state index contributed by atoms with van der Waals surface area (Å²) < 4.78 is 0. The first-order valence-corrected chi connectivity index (χ1v) is 6.68. The number of benzene rings is 1. The zero-order valence-electron chi connectivity index (χ0n) is 12.3. The number of hydrogen-bond donors (Lipinski definition) is 0. The van der Waals surface area contributed by atoms with E-state index in [1.807, 2.05) is 50.3 Å². The lowest BCUT2D eigenvalue weighted by molar-refractivity contribution is -0.134. The lowest BCUT2D eigenvalue weighted by Gasteiger charge is -2.20. The van der Waals surface area contributed by atoms with Crippen LogP contribution in [0.25, 0.3) is 0 Å². The van der Waals surface area contributed by atoms with Crippen molar-refractivity contribution < 1.29 is 9.59 Å². The summed E-state index contributed by atoms with van der Waals surface area (Å²) >= 11 is 0. The highest BCUT2D eigenvalue weighted by atomic mass is 16.2. The summed E-state index contributed by atoms with van der Waals surface area (Å²) in [6, 6.07) is 9.76. The lowest BCUT2D eigenvalue weighted by atomic mass is 10.2. The van der Waals surface area contributed by atoms with Gasteiger partial charge in [0, 0.05) is 13.1 Å². The van der Waals surface area contributed by atoms with Crippen molar-refractivity contribution in [2.45, 2.75) is 33.7 Å². The second kappa shape index (κ2) is 8.13. The minimum atomic E-state index is -0.145. The fraction of sp³-hybridized carbons (Fsp3) is 0.353. The van der Waals surface area contributed by atoms with Crippen molar-refractivity contribution in [2.24, 2.45) is 0 Å². The Morgan fingerprint density at radius 3 is 2.35 bits per heavy atom. The standard InChI is InChI=1S/C17H21NO2/c1-14(2)8-7-11-18(17(20)12-15(3)19)13-16-9-5-4-6-10-16/h4-7,9-10H,11-13H2,1-3H3. The van der Waals surface area contributed by atoms with Crippen LogP contribution in [-0.2, 0) is 16.1 Å². The molecule has 0 bridgehead atoms. The zero-order chi connectivity index (χ0) is 15.0. The highest BCUT2D eigenvalue weighted by molar-refractivity contribution is 5.96. The molecule has 20 heavy (non-hydrogen) atoms. The van der Waals surface area contributed by atoms with Gasteiger partial charge in [0.1, 0.15) is 5.78 Å². The van der Waals surface area contributed by atoms with E-state index in [0.29, 0.717) is 13.1 Å². The molecule has 1 aromatic carbocycles. The van der Waals surface area contributed by atoms with E-state index in [2.05, 4.69) is 5.73 Å². The molecule has 0 aliphatic heterocycles. The van der Waals surface area contributed by atoms with E-state index in [-0.39, 0.29) is 18.1 Å². The molecule has 1 rings (SSSR count). The predicted molar refractivity (Wildman–Crippen MR) is 80.1 cm³/mol. The van der Waals surface area contributed by atoms with Gasteiger partial charge in [-0.15, -0.1) is 5.73 Å². The number of rotatable bonds is 6. The number of ketones is 1. The summed E-state index contributed by atoms with van der Waals surface area (Å²) in [5, 5.41) is 0. The third kappa shape index (κ3) is 6.17. The Morgan fingerprint density at radius 1 is 1.15 bits per heavy atom. The molecule has 0 saturated carbocycles. The molecule has 106 valence electrons. The molecule has 0 atom stereocenters. The summed E-state index contributed by atoms with van der Waals surface area (Å²) in [4.78, 5) is 24.9. The van der Waals surface area contributed by atoms with Gasteiger partial charge in [-0.2, -0.15) is 0 Å². The molecule has 0 aliphatic carbocycles. The van der Waals surface area contributed by atoms with Gasteiger partial charge in [-0.1, -0.05) is 30.3 Å². The fourth-order valence-electron chi connectivity index (χ4n) is 1.74. The number of carbonyl (C=O) groups excluding carboxylic acids is 2. The molecular weight excluding hydrogens is 250 g/mol. The molecule has 0 saturated heterocycles. The molecule has 1 aromatic rings. The SMILES string of the molecule is CC(=O)CC(=O)N(CC=C=C(C)C)Cc1ccccc1. The lowest BCUT2D eigenvalue weighted by Crippen LogP contribution is -2.31. The van der Waals surface area contributed by atoms with E-state index >= 15 is 0 Å². The quantitative estimate of drug-likeness (QED) is 0.589. The fourth-order valence-corrected chi connectivity index (χ4v) is 1.74. The Bertz CT molecular complexity index is 521. The molecule has 1 amide bonds. The van der Waals surface area contributed by atoms with E-state index in [9.17, 15) is 9.59 Å². The molecule has 0 unspecified atom stereocenters. The summed E-state index contributed by atoms with van der Waals surface area (Å²) in [6.45, 7) is 6.31. The van der Waals surface area contributed by atoms with E-state index in [1.165, 1.54) is 6.92 Å². The van der Waals surface area contributed by atoms with Crippen LogP contribution in [0, 0.1) is 0 Å². The van der Waals surface area contributed by atoms with Crippen LogP contribution >= 0.6 is 0 Å². The Hall–Kier alpha value is -2.12. The van der Waals surface area contributed by atoms with Crippen LogP contribution in [0.4, 0.5) is 0 Å². The van der Waals surface area contributed by atoms with Crippen molar-refractivity contribution in [3.63, 3.8) is 0 Å². The second-order valence-corrected chi connectivity index (χ2v) is 4.99. The number of nitrogens with zero attached hydrogens (tertiary/aromatic N) is 1. The van der Waals surface area contributed by atoms with Gasteiger partial charge in [0.25, 0.3) is 0 Å². The molecule has 3 nitrogen and oxygen atoms in total. The smallest absolute Gasteiger partial charge is 0.230 e. The van der Waals surface area contributed by atoms with Crippen LogP contribution in [-0.4, -0.2) is 23.1 Å². The normalized spacial score (nSPS) is 9.55. The Kier molecular flexibility index (Phi) is 6.48. The summed E-state index contributed by atoms with van der Waals surface area (Å²) in [5.74, 6) is -0.257. The average Bonchev–Trinajstić information content (AvgIpc) is 2.37. The van der Waals surface area contributed by atoms with Gasteiger partial charge in [-0.05, 0) is 38.0 Å². The number of amides is 1. The maximum atomic E-state index is 12.1. The van der Waals surface area contributed by atoms with Crippen molar-refractivity contribution in [2.75, 3.05) is 6.54 Å². The van der Waals surface area contributed by atoms with E-state index in [4.69, 9.17) is 0 Å². The first-order valence-electron chi connectivity index (χ1n) is 6.68. The minimum Gasteiger partial charge on any atom is -0.334 e. The summed E-state index contributed by atoms with van der Waals surface area (Å²) in [5.41, 5.74) is 5.19. The molecule has 3 heteroatoms. The third-order valence-electron chi connectivity index (χ3n) is 2.67. The van der Waals surface area contributed by atoms with Crippen molar-refractivity contribution in [1.82, 2.24) is 4.90 Å². The van der Waals surface area contributed by atoms with Crippen LogP contribution in [0.1, 0.15) is 32.8 Å². The van der Waals surface area contributed by atoms with Crippen LogP contribution in [0.15, 0.2) is 47.7 Å². The molecule has 0 fully saturated rings. The van der Waals surface area contributed by atoms with Gasteiger partial charge in [-0.3, -0.25) is 9.59 Å². The van der Waals surface area contributed by atoms with E-state index in [0.717, 1.165) is 11.1 Å². The molecule has 0 aliphatic rings. The Morgan fingerprint density at radius 2 is 1.80 bits per heavy atom. The summed E-state index contributed by atoms with van der Waals surface area (Å²) in [6.07, 6.45) is 1.78. The van der Waals surface area contributed by atoms with Gasteiger partial charge >= 0.3 is 0 Å². The predicted octanol–water partition coefficient (Wildman–Crippen LogP) is 3.12. The highest BCUT2D eigenvalue weighted by Crippen LogP contribution is 2.06. The average molecular weight is 271 g/mol. The highest BCUT2D eigenvalue weighted by Gasteiger charge is 2.14. The third-order valence-corrected chi connectivity index (χ3v) is 2.67. The Labute approximate surface area is 120 Å². The van der Waals surface area contributed by atoms with Crippen molar-refractivity contribution in [3.8, 4) is 0 Å². The summed E-state index contributed by atoms with van der Waals surface area (Å²) in [7, 11) is 0. The largest absolute Gasteiger partial charge is 0.334 e. The monoisotopic (exact) mass is 271 g/mol. The van der Waals surface area contributed by atoms with Gasteiger partial charge < -0.3 is 4.90 Å². The molecule has 0 heterocycles. The van der Waals surface area contributed by atoms with Crippen molar-refractivity contribution >= 4 is 11.7 Å². The molecule has 0 radical (unpaired) electrons. The number of carbonyl (C=O) groups is 2. The van der Waals surface area contributed by atoms with Gasteiger partial charge in [0.15, 0.2) is 0 Å². The Balaban J connectivity index is 2.81. The van der Waals surface area contributed by atoms with Gasteiger partial charge in [-0.25, -0.2) is 0 Å². The first-order chi connectivity index (χ1) is 9.49. The zero-order valence-corrected chi connectivity index (χ0v) is 12.3. The first kappa shape index (κ1) is 15.9.